The van der Waals surface area contributed by atoms with Crippen LogP contribution in [0.2, 0.25) is 0 Å². The van der Waals surface area contributed by atoms with Gasteiger partial charge in [-0.1, -0.05) is 0 Å². The summed E-state index contributed by atoms with van der Waals surface area (Å²) in [5.74, 6) is 2.48. The first-order chi connectivity index (χ1) is 11.5. The van der Waals surface area contributed by atoms with E-state index in [1.807, 2.05) is 6.92 Å². The molecule has 5 rings (SSSR count). The van der Waals surface area contributed by atoms with Crippen LogP contribution in [0.4, 0.5) is 0 Å². The Morgan fingerprint density at radius 1 is 1.21 bits per heavy atom. The van der Waals surface area contributed by atoms with Crippen LogP contribution >= 0.6 is 0 Å². The Kier molecular flexibility index (Phi) is 3.81. The predicted molar refractivity (Wildman–Crippen MR) is 86.6 cm³/mol. The number of nitrogens with one attached hydrogen (secondary N) is 3. The van der Waals surface area contributed by atoms with Crippen molar-refractivity contribution in [2.24, 2.45) is 17.8 Å². The molecule has 2 amide bonds. The van der Waals surface area contributed by atoms with Crippen LogP contribution in [0.3, 0.4) is 0 Å². The van der Waals surface area contributed by atoms with E-state index in [1.165, 1.54) is 25.6 Å². The Bertz CT molecular complexity index is 592. The van der Waals surface area contributed by atoms with Gasteiger partial charge in [0, 0.05) is 5.54 Å². The number of carbonyl (C=O) groups is 2. The van der Waals surface area contributed by atoms with Gasteiger partial charge >= 0.3 is 0 Å². The molecule has 4 aliphatic carbocycles. The highest BCUT2D eigenvalue weighted by atomic mass is 16.2. The van der Waals surface area contributed by atoms with Crippen LogP contribution in [0.15, 0.2) is 6.33 Å². The first-order valence-corrected chi connectivity index (χ1v) is 8.97. The monoisotopic (exact) mass is 331 g/mol. The Morgan fingerprint density at radius 3 is 2.38 bits per heavy atom. The van der Waals surface area contributed by atoms with Gasteiger partial charge in [0.05, 0.1) is 6.04 Å². The van der Waals surface area contributed by atoms with Crippen LogP contribution in [0.25, 0.3) is 0 Å². The van der Waals surface area contributed by atoms with Crippen molar-refractivity contribution in [3.63, 3.8) is 0 Å². The summed E-state index contributed by atoms with van der Waals surface area (Å²) in [5, 5.41) is 12.5. The summed E-state index contributed by atoms with van der Waals surface area (Å²) >= 11 is 0. The fraction of sp³-hybridized carbons (Fsp3) is 0.765. The molecule has 4 aliphatic rings. The molecule has 0 aliphatic heterocycles. The standard InChI is InChI=1S/C17H25N5O2/c1-10(16-18-9-19-22-16)20-14(23)5-15(24)21-17-6-11-2-12(7-17)4-13(3-11)8-17/h9-13H,2-8H2,1H3,(H,20,23)(H,21,24)(H,18,19,22). The number of hydrogen-bond acceptors (Lipinski definition) is 4. The van der Waals surface area contributed by atoms with Crippen molar-refractivity contribution in [2.45, 2.75) is 63.5 Å². The normalized spacial score (nSPS) is 34.8. The predicted octanol–water partition coefficient (Wildman–Crippen LogP) is 1.46. The second kappa shape index (κ2) is 5.86. The second-order valence-electron chi connectivity index (χ2n) is 8.08. The molecule has 130 valence electrons. The first-order valence-electron chi connectivity index (χ1n) is 8.97. The van der Waals surface area contributed by atoms with E-state index < -0.39 is 0 Å². The van der Waals surface area contributed by atoms with Crippen molar-refractivity contribution in [1.82, 2.24) is 25.8 Å². The van der Waals surface area contributed by atoms with Crippen molar-refractivity contribution >= 4 is 11.8 Å². The third kappa shape index (κ3) is 3.03. The maximum Gasteiger partial charge on any atom is 0.230 e. The lowest BCUT2D eigenvalue weighted by atomic mass is 9.53. The zero-order valence-electron chi connectivity index (χ0n) is 14.0. The summed E-state index contributed by atoms with van der Waals surface area (Å²) in [4.78, 5) is 28.5. The largest absolute Gasteiger partial charge is 0.350 e. The number of hydrogen-bond donors (Lipinski definition) is 3. The lowest BCUT2D eigenvalue weighted by Gasteiger charge is -2.56. The van der Waals surface area contributed by atoms with E-state index in [4.69, 9.17) is 0 Å². The molecule has 1 unspecified atom stereocenters. The van der Waals surface area contributed by atoms with Gasteiger partial charge in [-0.25, -0.2) is 4.98 Å². The summed E-state index contributed by atoms with van der Waals surface area (Å²) < 4.78 is 0. The minimum Gasteiger partial charge on any atom is -0.350 e. The van der Waals surface area contributed by atoms with E-state index in [1.54, 1.807) is 0 Å². The molecule has 1 aromatic heterocycles. The van der Waals surface area contributed by atoms with Crippen LogP contribution in [-0.2, 0) is 9.59 Å². The summed E-state index contributed by atoms with van der Waals surface area (Å²) in [6, 6.07) is -0.285. The van der Waals surface area contributed by atoms with Gasteiger partial charge in [0.1, 0.15) is 18.6 Å². The highest BCUT2D eigenvalue weighted by Gasteiger charge is 2.51. The lowest BCUT2D eigenvalue weighted by molar-refractivity contribution is -0.132. The molecule has 1 heterocycles. The van der Waals surface area contributed by atoms with E-state index in [2.05, 4.69) is 25.8 Å². The van der Waals surface area contributed by atoms with Crippen molar-refractivity contribution in [3.8, 4) is 0 Å². The Labute approximate surface area is 141 Å². The molecule has 1 atom stereocenters. The fourth-order valence-electron chi connectivity index (χ4n) is 5.53. The smallest absolute Gasteiger partial charge is 0.230 e. The molecule has 3 N–H and O–H groups in total. The van der Waals surface area contributed by atoms with Gasteiger partial charge in [-0.05, 0) is 63.2 Å². The molecule has 4 saturated carbocycles. The highest BCUT2D eigenvalue weighted by Crippen LogP contribution is 2.55. The van der Waals surface area contributed by atoms with E-state index >= 15 is 0 Å². The van der Waals surface area contributed by atoms with Gasteiger partial charge in [-0.15, -0.1) is 0 Å². The molecule has 1 aromatic rings. The first kappa shape index (κ1) is 15.6. The number of amides is 2. The van der Waals surface area contributed by atoms with Gasteiger partial charge in [0.2, 0.25) is 11.8 Å². The highest BCUT2D eigenvalue weighted by molar-refractivity contribution is 5.97. The SMILES string of the molecule is CC(NC(=O)CC(=O)NC12CC3CC(CC(C3)C1)C2)c1ncn[nH]1. The van der Waals surface area contributed by atoms with Gasteiger partial charge < -0.3 is 10.6 Å². The van der Waals surface area contributed by atoms with Gasteiger partial charge in [-0.3, -0.25) is 14.7 Å². The molecule has 0 saturated heterocycles. The molecule has 0 spiro atoms. The molecule has 4 fully saturated rings. The van der Waals surface area contributed by atoms with Crippen LogP contribution < -0.4 is 10.6 Å². The zero-order chi connectivity index (χ0) is 16.7. The number of aromatic amines is 1. The van der Waals surface area contributed by atoms with Crippen LogP contribution in [0.1, 0.15) is 63.7 Å². The Balaban J connectivity index is 1.31. The molecular formula is C17H25N5O2. The second-order valence-corrected chi connectivity index (χ2v) is 8.08. The van der Waals surface area contributed by atoms with Gasteiger partial charge in [-0.2, -0.15) is 5.10 Å². The lowest BCUT2D eigenvalue weighted by Crippen LogP contribution is -2.60. The third-order valence-corrected chi connectivity index (χ3v) is 5.99. The fourth-order valence-corrected chi connectivity index (χ4v) is 5.53. The molecule has 4 bridgehead atoms. The third-order valence-electron chi connectivity index (χ3n) is 5.99. The molecule has 7 nitrogen and oxygen atoms in total. The number of H-pyrrole nitrogens is 1. The topological polar surface area (TPSA) is 99.8 Å². The molecule has 24 heavy (non-hydrogen) atoms. The van der Waals surface area contributed by atoms with Crippen LogP contribution in [0, 0.1) is 17.8 Å². The number of rotatable bonds is 5. The van der Waals surface area contributed by atoms with Crippen LogP contribution in [0.5, 0.6) is 0 Å². The van der Waals surface area contributed by atoms with E-state index in [-0.39, 0.29) is 29.8 Å². The summed E-state index contributed by atoms with van der Waals surface area (Å²) in [6.07, 6.45) is 8.58. The molecule has 0 aromatic carbocycles. The number of aromatic nitrogens is 3. The summed E-state index contributed by atoms with van der Waals surface area (Å²) in [5.41, 5.74) is -0.0390. The van der Waals surface area contributed by atoms with E-state index in [9.17, 15) is 9.59 Å². The Hall–Kier alpha value is -1.92. The number of nitrogens with zero attached hydrogens (tertiary/aromatic N) is 2. The van der Waals surface area contributed by atoms with Crippen molar-refractivity contribution < 1.29 is 9.59 Å². The van der Waals surface area contributed by atoms with Gasteiger partial charge in [0.25, 0.3) is 0 Å². The number of carbonyl (C=O) groups excluding carboxylic acids is 2. The van der Waals surface area contributed by atoms with Gasteiger partial charge in [0.15, 0.2) is 0 Å². The maximum absolute atomic E-state index is 12.4. The zero-order valence-corrected chi connectivity index (χ0v) is 14.0. The van der Waals surface area contributed by atoms with E-state index in [0.29, 0.717) is 5.82 Å². The van der Waals surface area contributed by atoms with E-state index in [0.717, 1.165) is 37.0 Å². The van der Waals surface area contributed by atoms with Crippen molar-refractivity contribution in [1.29, 1.82) is 0 Å². The average molecular weight is 331 g/mol. The molecular weight excluding hydrogens is 306 g/mol. The maximum atomic E-state index is 12.4. The van der Waals surface area contributed by atoms with Crippen LogP contribution in [-0.4, -0.2) is 32.5 Å². The summed E-state index contributed by atoms with van der Waals surface area (Å²) in [7, 11) is 0. The van der Waals surface area contributed by atoms with Crippen molar-refractivity contribution in [3.05, 3.63) is 12.2 Å². The minimum atomic E-state index is -0.285. The van der Waals surface area contributed by atoms with Crippen molar-refractivity contribution in [2.75, 3.05) is 0 Å². The molecule has 7 heteroatoms. The Morgan fingerprint density at radius 2 is 1.83 bits per heavy atom. The molecule has 0 radical (unpaired) electrons. The minimum absolute atomic E-state index is 0.0390. The average Bonchev–Trinajstić information content (AvgIpc) is 2.98. The quantitative estimate of drug-likeness (QED) is 0.711. The summed E-state index contributed by atoms with van der Waals surface area (Å²) in [6.45, 7) is 1.81.